The quantitative estimate of drug-likeness (QED) is 0.478. The molecule has 8 nitrogen and oxygen atoms in total. The highest BCUT2D eigenvalue weighted by Gasteiger charge is 2.49. The van der Waals surface area contributed by atoms with Crippen LogP contribution in [0.2, 0.25) is 0 Å². The van der Waals surface area contributed by atoms with Gasteiger partial charge in [0, 0.05) is 0 Å². The van der Waals surface area contributed by atoms with Crippen LogP contribution in [-0.4, -0.2) is 63.1 Å². The first-order chi connectivity index (χ1) is 9.11. The van der Waals surface area contributed by atoms with Gasteiger partial charge in [-0.2, -0.15) is 0 Å². The van der Waals surface area contributed by atoms with Crippen LogP contribution >= 0.6 is 0 Å². The summed E-state index contributed by atoms with van der Waals surface area (Å²) >= 11 is 0. The molecule has 0 saturated carbocycles. The lowest BCUT2D eigenvalue weighted by molar-refractivity contribution is -0.288. The lowest BCUT2D eigenvalue weighted by Gasteiger charge is -2.38. The molecule has 0 spiro atoms. The van der Waals surface area contributed by atoms with Gasteiger partial charge < -0.3 is 29.9 Å². The Kier molecular flexibility index (Phi) is 5.09. The van der Waals surface area contributed by atoms with Crippen LogP contribution in [-0.2, 0) is 19.1 Å². The molecule has 5 atom stereocenters. The van der Waals surface area contributed by atoms with Crippen LogP contribution in [0.15, 0.2) is 0 Å². The van der Waals surface area contributed by atoms with E-state index in [9.17, 15) is 24.9 Å². The maximum atomic E-state index is 11.9. The van der Waals surface area contributed by atoms with Crippen molar-refractivity contribution in [1.29, 1.82) is 0 Å². The molecule has 4 N–H and O–H groups in total. The fourth-order valence-electron chi connectivity index (χ4n) is 1.56. The zero-order valence-corrected chi connectivity index (χ0v) is 11.5. The van der Waals surface area contributed by atoms with E-state index in [-0.39, 0.29) is 0 Å². The SMILES string of the molecule is CCC(C)(C)C(=O)O[C@@H]1O[C@H](C(=O)O)[C@@H](O)[C@H](O)[C@H]1O. The maximum Gasteiger partial charge on any atom is 0.335 e. The number of aliphatic carboxylic acids is 1. The van der Waals surface area contributed by atoms with Crippen LogP contribution in [0.1, 0.15) is 27.2 Å². The zero-order chi connectivity index (χ0) is 15.7. The number of aliphatic hydroxyl groups excluding tert-OH is 3. The number of esters is 1. The average molecular weight is 292 g/mol. The van der Waals surface area contributed by atoms with Crippen LogP contribution < -0.4 is 0 Å². The van der Waals surface area contributed by atoms with Gasteiger partial charge in [0.2, 0.25) is 6.29 Å². The molecule has 0 bridgehead atoms. The molecule has 0 aliphatic carbocycles. The highest BCUT2D eigenvalue weighted by Crippen LogP contribution is 2.27. The monoisotopic (exact) mass is 292 g/mol. The first-order valence-corrected chi connectivity index (χ1v) is 6.25. The Morgan fingerprint density at radius 2 is 1.70 bits per heavy atom. The first kappa shape index (κ1) is 16.8. The summed E-state index contributed by atoms with van der Waals surface area (Å²) in [5, 5.41) is 37.6. The number of carbonyl (C=O) groups excluding carboxylic acids is 1. The fourth-order valence-corrected chi connectivity index (χ4v) is 1.56. The van der Waals surface area contributed by atoms with E-state index in [0.717, 1.165) is 0 Å². The Balaban J connectivity index is 2.84. The van der Waals surface area contributed by atoms with Gasteiger partial charge in [-0.25, -0.2) is 4.79 Å². The fraction of sp³-hybridized carbons (Fsp3) is 0.833. The molecule has 1 saturated heterocycles. The van der Waals surface area contributed by atoms with Gasteiger partial charge in [-0.1, -0.05) is 6.92 Å². The largest absolute Gasteiger partial charge is 0.479 e. The summed E-state index contributed by atoms with van der Waals surface area (Å²) in [5.74, 6) is -2.23. The van der Waals surface area contributed by atoms with Crippen molar-refractivity contribution in [3.63, 3.8) is 0 Å². The minimum atomic E-state index is -1.81. The molecule has 116 valence electrons. The van der Waals surface area contributed by atoms with Crippen LogP contribution in [0.3, 0.4) is 0 Å². The van der Waals surface area contributed by atoms with Crippen LogP contribution in [0.4, 0.5) is 0 Å². The van der Waals surface area contributed by atoms with Gasteiger partial charge in [0.1, 0.15) is 18.3 Å². The highest BCUT2D eigenvalue weighted by molar-refractivity contribution is 5.76. The molecule has 1 rings (SSSR count). The van der Waals surface area contributed by atoms with Crippen molar-refractivity contribution in [1.82, 2.24) is 0 Å². The Labute approximate surface area is 115 Å². The molecular weight excluding hydrogens is 272 g/mol. The van der Waals surface area contributed by atoms with Crippen molar-refractivity contribution in [2.75, 3.05) is 0 Å². The molecule has 0 amide bonds. The Morgan fingerprint density at radius 1 is 1.15 bits per heavy atom. The molecule has 0 aromatic carbocycles. The third-order valence-corrected chi connectivity index (χ3v) is 3.47. The van der Waals surface area contributed by atoms with E-state index < -0.39 is 48.1 Å². The molecule has 1 aliphatic heterocycles. The van der Waals surface area contributed by atoms with Crippen molar-refractivity contribution < 1.29 is 39.5 Å². The summed E-state index contributed by atoms with van der Waals surface area (Å²) in [6, 6.07) is 0. The topological polar surface area (TPSA) is 134 Å². The predicted molar refractivity (Wildman–Crippen MR) is 64.5 cm³/mol. The van der Waals surface area contributed by atoms with Crippen LogP contribution in [0, 0.1) is 5.41 Å². The van der Waals surface area contributed by atoms with Gasteiger partial charge in [0.05, 0.1) is 5.41 Å². The highest BCUT2D eigenvalue weighted by atomic mass is 16.7. The Morgan fingerprint density at radius 3 is 2.15 bits per heavy atom. The summed E-state index contributed by atoms with van der Waals surface area (Å²) in [6.07, 6.45) is -8.28. The number of carboxylic acids is 1. The molecule has 0 radical (unpaired) electrons. The van der Waals surface area contributed by atoms with Gasteiger partial charge >= 0.3 is 11.9 Å². The minimum absolute atomic E-state index is 0.461. The van der Waals surface area contributed by atoms with Crippen LogP contribution in [0.25, 0.3) is 0 Å². The third kappa shape index (κ3) is 3.26. The molecular formula is C12H20O8. The van der Waals surface area contributed by atoms with Crippen LogP contribution in [0.5, 0.6) is 0 Å². The molecule has 1 heterocycles. The predicted octanol–water partition coefficient (Wildman–Crippen LogP) is -1.14. The summed E-state index contributed by atoms with van der Waals surface area (Å²) in [5.41, 5.74) is -0.844. The molecule has 0 aromatic rings. The van der Waals surface area contributed by atoms with E-state index in [1.807, 2.05) is 0 Å². The number of carboxylic acid groups (broad SMARTS) is 1. The number of aliphatic hydroxyl groups is 3. The summed E-state index contributed by atoms with van der Waals surface area (Å²) < 4.78 is 9.76. The summed E-state index contributed by atoms with van der Waals surface area (Å²) in [4.78, 5) is 22.8. The van der Waals surface area contributed by atoms with Gasteiger partial charge in [0.25, 0.3) is 0 Å². The molecule has 8 heteroatoms. The van der Waals surface area contributed by atoms with E-state index in [4.69, 9.17) is 14.6 Å². The van der Waals surface area contributed by atoms with E-state index >= 15 is 0 Å². The van der Waals surface area contributed by atoms with Crippen molar-refractivity contribution in [3.8, 4) is 0 Å². The number of hydrogen-bond donors (Lipinski definition) is 4. The normalized spacial score (nSPS) is 34.6. The Bertz CT molecular complexity index is 380. The van der Waals surface area contributed by atoms with Gasteiger partial charge in [0.15, 0.2) is 6.10 Å². The first-order valence-electron chi connectivity index (χ1n) is 6.25. The average Bonchev–Trinajstić information content (AvgIpc) is 2.38. The molecule has 1 fully saturated rings. The standard InChI is InChI=1S/C12H20O8/c1-4-12(2,3)11(18)20-10-7(15)5(13)6(14)8(19-10)9(16)17/h5-8,10,13-15H,4H2,1-3H3,(H,16,17)/t5-,6-,7+,8-,10-/m0/s1. The number of ether oxygens (including phenoxy) is 2. The van der Waals surface area contributed by atoms with Gasteiger partial charge in [-0.05, 0) is 20.3 Å². The van der Waals surface area contributed by atoms with E-state index in [0.29, 0.717) is 6.42 Å². The maximum absolute atomic E-state index is 11.9. The summed E-state index contributed by atoms with van der Waals surface area (Å²) in [6.45, 7) is 4.99. The van der Waals surface area contributed by atoms with Crippen molar-refractivity contribution in [2.24, 2.45) is 5.41 Å². The lowest BCUT2D eigenvalue weighted by Crippen LogP contribution is -2.61. The zero-order valence-electron chi connectivity index (χ0n) is 11.5. The molecule has 1 aliphatic rings. The molecule has 0 unspecified atom stereocenters. The number of hydrogen-bond acceptors (Lipinski definition) is 7. The molecule has 0 aromatic heterocycles. The number of carbonyl (C=O) groups is 2. The van der Waals surface area contributed by atoms with Crippen molar-refractivity contribution >= 4 is 11.9 Å². The Hall–Kier alpha value is -1.22. The number of rotatable bonds is 4. The van der Waals surface area contributed by atoms with Gasteiger partial charge in [-0.3, -0.25) is 4.79 Å². The third-order valence-electron chi connectivity index (χ3n) is 3.47. The second-order valence-electron chi connectivity index (χ2n) is 5.38. The smallest absolute Gasteiger partial charge is 0.335 e. The van der Waals surface area contributed by atoms with Crippen molar-refractivity contribution in [3.05, 3.63) is 0 Å². The lowest BCUT2D eigenvalue weighted by atomic mass is 9.90. The second-order valence-corrected chi connectivity index (χ2v) is 5.38. The minimum Gasteiger partial charge on any atom is -0.479 e. The second kappa shape index (κ2) is 6.04. The van der Waals surface area contributed by atoms with Crippen molar-refractivity contribution in [2.45, 2.75) is 57.9 Å². The van der Waals surface area contributed by atoms with Gasteiger partial charge in [-0.15, -0.1) is 0 Å². The summed E-state index contributed by atoms with van der Waals surface area (Å²) in [7, 11) is 0. The van der Waals surface area contributed by atoms with E-state index in [1.165, 1.54) is 0 Å². The van der Waals surface area contributed by atoms with E-state index in [1.54, 1.807) is 20.8 Å². The molecule has 20 heavy (non-hydrogen) atoms. The van der Waals surface area contributed by atoms with E-state index in [2.05, 4.69) is 0 Å².